The van der Waals surface area contributed by atoms with E-state index in [1.54, 1.807) is 30.3 Å². The first-order chi connectivity index (χ1) is 13.5. The summed E-state index contributed by atoms with van der Waals surface area (Å²) in [7, 11) is 1.69. The van der Waals surface area contributed by atoms with E-state index >= 15 is 0 Å². The predicted molar refractivity (Wildman–Crippen MR) is 111 cm³/mol. The maximum atomic E-state index is 12.8. The number of pyridine rings is 2. The highest BCUT2D eigenvalue weighted by Gasteiger charge is 2.25. The van der Waals surface area contributed by atoms with Gasteiger partial charge in [-0.3, -0.25) is 14.6 Å². The fourth-order valence-corrected chi connectivity index (χ4v) is 3.76. The van der Waals surface area contributed by atoms with E-state index in [0.717, 1.165) is 22.3 Å². The Morgan fingerprint density at radius 3 is 2.57 bits per heavy atom. The first-order valence-corrected chi connectivity index (χ1v) is 9.58. The Bertz CT molecular complexity index is 1120. The molecular formula is C21H21ClN4O2. The predicted octanol–water partition coefficient (Wildman–Crippen LogP) is 2.86. The second-order valence-corrected chi connectivity index (χ2v) is 7.46. The maximum absolute atomic E-state index is 12.8. The van der Waals surface area contributed by atoms with Gasteiger partial charge in [0.2, 0.25) is 0 Å². The molecule has 6 nitrogen and oxygen atoms in total. The van der Waals surface area contributed by atoms with Gasteiger partial charge in [0.05, 0.1) is 5.52 Å². The summed E-state index contributed by atoms with van der Waals surface area (Å²) < 4.78 is 1.51. The summed E-state index contributed by atoms with van der Waals surface area (Å²) in [5.41, 5.74) is 2.75. The topological polar surface area (TPSA) is 58.4 Å². The van der Waals surface area contributed by atoms with Gasteiger partial charge in [0, 0.05) is 61.2 Å². The summed E-state index contributed by atoms with van der Waals surface area (Å²) in [4.78, 5) is 33.7. The van der Waals surface area contributed by atoms with E-state index in [-0.39, 0.29) is 17.0 Å². The van der Waals surface area contributed by atoms with Gasteiger partial charge in [0.25, 0.3) is 11.5 Å². The molecule has 144 valence electrons. The fourth-order valence-electron chi connectivity index (χ4n) is 3.59. The zero-order valence-corrected chi connectivity index (χ0v) is 16.6. The Morgan fingerprint density at radius 2 is 1.82 bits per heavy atom. The van der Waals surface area contributed by atoms with Gasteiger partial charge in [-0.05, 0) is 43.3 Å². The van der Waals surface area contributed by atoms with Crippen LogP contribution in [0.15, 0.2) is 47.4 Å². The molecule has 2 aromatic heterocycles. The number of benzene rings is 1. The molecule has 3 aromatic rings. The van der Waals surface area contributed by atoms with Crippen molar-refractivity contribution in [2.24, 2.45) is 7.05 Å². The van der Waals surface area contributed by atoms with Crippen LogP contribution in [0.4, 0.5) is 5.69 Å². The van der Waals surface area contributed by atoms with Gasteiger partial charge >= 0.3 is 0 Å². The van der Waals surface area contributed by atoms with Crippen LogP contribution in [0.5, 0.6) is 0 Å². The standard InChI is InChI=1S/C21H21ClN4O2/c1-14-3-5-17(20(27)24(14)2)21(28)26-11-9-25(10-12-26)19-7-8-23-18-13-15(22)4-6-16(18)19/h3-8,13H,9-12H2,1-2H3. The summed E-state index contributed by atoms with van der Waals surface area (Å²) >= 11 is 6.08. The average Bonchev–Trinajstić information content (AvgIpc) is 2.71. The lowest BCUT2D eigenvalue weighted by atomic mass is 10.1. The zero-order chi connectivity index (χ0) is 19.8. The van der Waals surface area contributed by atoms with Gasteiger partial charge in [0.15, 0.2) is 0 Å². The number of nitrogens with zero attached hydrogens (tertiary/aromatic N) is 4. The number of aromatic nitrogens is 2. The van der Waals surface area contributed by atoms with E-state index in [4.69, 9.17) is 11.6 Å². The van der Waals surface area contributed by atoms with Gasteiger partial charge in [-0.2, -0.15) is 0 Å². The molecular weight excluding hydrogens is 376 g/mol. The smallest absolute Gasteiger partial charge is 0.263 e. The van der Waals surface area contributed by atoms with Crippen LogP contribution in [0, 0.1) is 6.92 Å². The van der Waals surface area contributed by atoms with E-state index in [1.165, 1.54) is 4.57 Å². The van der Waals surface area contributed by atoms with Crippen molar-refractivity contribution in [1.29, 1.82) is 0 Å². The number of carbonyl (C=O) groups is 1. The van der Waals surface area contributed by atoms with Crippen molar-refractivity contribution in [1.82, 2.24) is 14.5 Å². The number of halogens is 1. The molecule has 0 saturated carbocycles. The largest absolute Gasteiger partial charge is 0.367 e. The molecule has 1 aromatic carbocycles. The molecule has 0 N–H and O–H groups in total. The second kappa shape index (κ2) is 7.28. The minimum Gasteiger partial charge on any atom is -0.367 e. The third-order valence-electron chi connectivity index (χ3n) is 5.38. The Balaban J connectivity index is 1.53. The molecule has 0 spiro atoms. The third kappa shape index (κ3) is 3.24. The molecule has 0 radical (unpaired) electrons. The monoisotopic (exact) mass is 396 g/mol. The van der Waals surface area contributed by atoms with Crippen LogP contribution in [0.3, 0.4) is 0 Å². The van der Waals surface area contributed by atoms with Crippen molar-refractivity contribution < 1.29 is 4.79 Å². The van der Waals surface area contributed by atoms with Crippen molar-refractivity contribution in [3.05, 3.63) is 69.2 Å². The van der Waals surface area contributed by atoms with Crippen LogP contribution in [-0.4, -0.2) is 46.5 Å². The van der Waals surface area contributed by atoms with E-state index in [9.17, 15) is 9.59 Å². The van der Waals surface area contributed by atoms with E-state index in [1.807, 2.05) is 31.2 Å². The lowest BCUT2D eigenvalue weighted by Crippen LogP contribution is -2.50. The number of aryl methyl sites for hydroxylation is 1. The van der Waals surface area contributed by atoms with E-state index in [2.05, 4.69) is 9.88 Å². The van der Waals surface area contributed by atoms with E-state index in [0.29, 0.717) is 31.2 Å². The minimum atomic E-state index is -0.246. The molecule has 1 saturated heterocycles. The van der Waals surface area contributed by atoms with Crippen LogP contribution >= 0.6 is 11.6 Å². The molecule has 0 aliphatic carbocycles. The molecule has 1 aliphatic heterocycles. The van der Waals surface area contributed by atoms with Gasteiger partial charge in [-0.1, -0.05) is 11.6 Å². The molecule has 28 heavy (non-hydrogen) atoms. The highest BCUT2D eigenvalue weighted by atomic mass is 35.5. The molecule has 1 aliphatic rings. The molecule has 4 rings (SSSR count). The Morgan fingerprint density at radius 1 is 1.07 bits per heavy atom. The molecule has 0 bridgehead atoms. The Kier molecular flexibility index (Phi) is 4.81. The third-order valence-corrected chi connectivity index (χ3v) is 5.61. The lowest BCUT2D eigenvalue weighted by molar-refractivity contribution is 0.0744. The Labute approximate surface area is 168 Å². The molecule has 0 unspecified atom stereocenters. The highest BCUT2D eigenvalue weighted by Crippen LogP contribution is 2.28. The number of rotatable bonds is 2. The summed E-state index contributed by atoms with van der Waals surface area (Å²) in [6, 6.07) is 11.1. The maximum Gasteiger partial charge on any atom is 0.263 e. The van der Waals surface area contributed by atoms with Crippen LogP contribution in [0.2, 0.25) is 5.02 Å². The second-order valence-electron chi connectivity index (χ2n) is 7.02. The number of fused-ring (bicyclic) bond motifs is 1. The van der Waals surface area contributed by atoms with Gasteiger partial charge in [-0.25, -0.2) is 0 Å². The normalized spacial score (nSPS) is 14.5. The first-order valence-electron chi connectivity index (χ1n) is 9.21. The van der Waals surface area contributed by atoms with Crippen molar-refractivity contribution >= 4 is 34.1 Å². The number of hydrogen-bond acceptors (Lipinski definition) is 4. The zero-order valence-electron chi connectivity index (χ0n) is 15.9. The van der Waals surface area contributed by atoms with Crippen molar-refractivity contribution in [2.45, 2.75) is 6.92 Å². The number of amides is 1. The summed E-state index contributed by atoms with van der Waals surface area (Å²) in [6.45, 7) is 4.36. The van der Waals surface area contributed by atoms with Crippen molar-refractivity contribution in [3.63, 3.8) is 0 Å². The highest BCUT2D eigenvalue weighted by molar-refractivity contribution is 6.31. The number of hydrogen-bond donors (Lipinski definition) is 0. The molecule has 0 atom stereocenters. The van der Waals surface area contributed by atoms with Crippen LogP contribution < -0.4 is 10.5 Å². The number of anilines is 1. The van der Waals surface area contributed by atoms with Crippen molar-refractivity contribution in [3.8, 4) is 0 Å². The molecule has 1 fully saturated rings. The van der Waals surface area contributed by atoms with Crippen molar-refractivity contribution in [2.75, 3.05) is 31.1 Å². The molecule has 7 heteroatoms. The Hall–Kier alpha value is -2.86. The van der Waals surface area contributed by atoms with Crippen LogP contribution in [0.25, 0.3) is 10.9 Å². The quantitative estimate of drug-likeness (QED) is 0.668. The summed E-state index contributed by atoms with van der Waals surface area (Å²) in [5.74, 6) is -0.202. The summed E-state index contributed by atoms with van der Waals surface area (Å²) in [5, 5.41) is 1.70. The fraction of sp³-hybridized carbons (Fsp3) is 0.286. The van der Waals surface area contributed by atoms with Crippen LogP contribution in [-0.2, 0) is 7.05 Å². The van der Waals surface area contributed by atoms with Gasteiger partial charge in [-0.15, -0.1) is 0 Å². The van der Waals surface area contributed by atoms with E-state index < -0.39 is 0 Å². The summed E-state index contributed by atoms with van der Waals surface area (Å²) in [6.07, 6.45) is 1.78. The molecule has 3 heterocycles. The number of carbonyl (C=O) groups excluding carboxylic acids is 1. The van der Waals surface area contributed by atoms with Gasteiger partial charge < -0.3 is 14.4 Å². The average molecular weight is 397 g/mol. The van der Waals surface area contributed by atoms with Crippen LogP contribution in [0.1, 0.15) is 16.1 Å². The minimum absolute atomic E-state index is 0.202. The lowest BCUT2D eigenvalue weighted by Gasteiger charge is -2.36. The first kappa shape index (κ1) is 18.5. The SMILES string of the molecule is Cc1ccc(C(=O)N2CCN(c3ccnc4cc(Cl)ccc34)CC2)c(=O)n1C. The van der Waals surface area contributed by atoms with Gasteiger partial charge in [0.1, 0.15) is 5.56 Å². The molecule has 1 amide bonds. The number of piperazine rings is 1.